The first-order valence-corrected chi connectivity index (χ1v) is 8.11. The van der Waals surface area contributed by atoms with E-state index >= 15 is 0 Å². The number of rotatable bonds is 5. The second kappa shape index (κ2) is 5.49. The minimum atomic E-state index is -2.96. The van der Waals surface area contributed by atoms with E-state index in [1.165, 1.54) is 12.6 Å². The number of sulfone groups is 1. The van der Waals surface area contributed by atoms with Crippen LogP contribution in [-0.2, 0) is 9.84 Å². The lowest BCUT2D eigenvalue weighted by Crippen LogP contribution is -2.12. The molecule has 2 aromatic rings. The molecule has 108 valence electrons. The summed E-state index contributed by atoms with van der Waals surface area (Å²) in [5, 5.41) is 3.48. The van der Waals surface area contributed by atoms with Gasteiger partial charge in [-0.25, -0.2) is 13.4 Å². The molecule has 8 heteroatoms. The predicted molar refractivity (Wildman–Crippen MR) is 79.6 cm³/mol. The number of nitrogens with two attached hydrogens (primary N) is 1. The molecule has 0 saturated heterocycles. The van der Waals surface area contributed by atoms with Crippen molar-refractivity contribution in [3.8, 4) is 0 Å². The van der Waals surface area contributed by atoms with Gasteiger partial charge < -0.3 is 16.0 Å². The van der Waals surface area contributed by atoms with Crippen molar-refractivity contribution in [1.29, 1.82) is 0 Å². The summed E-state index contributed by atoms with van der Waals surface area (Å²) in [6, 6.07) is 3.24. The van der Waals surface area contributed by atoms with Crippen molar-refractivity contribution in [1.82, 2.24) is 9.97 Å². The van der Waals surface area contributed by atoms with E-state index in [2.05, 4.69) is 15.3 Å². The van der Waals surface area contributed by atoms with E-state index in [1.807, 2.05) is 0 Å². The number of benzene rings is 1. The summed E-state index contributed by atoms with van der Waals surface area (Å²) in [5.74, 6) is 0.116. The van der Waals surface area contributed by atoms with Gasteiger partial charge in [-0.05, 0) is 18.6 Å². The van der Waals surface area contributed by atoms with Gasteiger partial charge in [-0.2, -0.15) is 0 Å². The van der Waals surface area contributed by atoms with Crippen LogP contribution in [0.3, 0.4) is 0 Å². The van der Waals surface area contributed by atoms with Crippen LogP contribution in [0.2, 0.25) is 0 Å². The topological polar surface area (TPSA) is 118 Å². The van der Waals surface area contributed by atoms with Gasteiger partial charge in [0.2, 0.25) is 0 Å². The molecular weight excluding hydrogens is 280 g/mol. The van der Waals surface area contributed by atoms with E-state index in [1.54, 1.807) is 12.1 Å². The zero-order valence-corrected chi connectivity index (χ0v) is 11.8. The van der Waals surface area contributed by atoms with Crippen molar-refractivity contribution in [2.45, 2.75) is 6.42 Å². The van der Waals surface area contributed by atoms with Gasteiger partial charge in [-0.15, -0.1) is 0 Å². The van der Waals surface area contributed by atoms with E-state index in [9.17, 15) is 13.2 Å². The molecule has 0 aliphatic carbocycles. The predicted octanol–water partition coefficient (Wildman–Crippen LogP) is 0.352. The lowest BCUT2D eigenvalue weighted by Gasteiger charge is -2.10. The molecule has 1 heterocycles. The maximum atomic E-state index is 11.6. The zero-order chi connectivity index (χ0) is 14.8. The van der Waals surface area contributed by atoms with E-state index in [0.29, 0.717) is 35.2 Å². The summed E-state index contributed by atoms with van der Waals surface area (Å²) in [6.07, 6.45) is 3.01. The summed E-state index contributed by atoms with van der Waals surface area (Å²) in [7, 11) is -2.96. The van der Waals surface area contributed by atoms with Crippen LogP contribution in [0, 0.1) is 0 Å². The minimum Gasteiger partial charge on any atom is -0.397 e. The van der Waals surface area contributed by atoms with Gasteiger partial charge in [-0.3, -0.25) is 4.79 Å². The second-order valence-electron chi connectivity index (χ2n) is 4.60. The van der Waals surface area contributed by atoms with Crippen LogP contribution in [0.5, 0.6) is 0 Å². The number of hydrogen-bond acceptors (Lipinski definition) is 6. The fourth-order valence-corrected chi connectivity index (χ4v) is 2.51. The molecule has 0 amide bonds. The number of nitrogens with one attached hydrogen (secondary N) is 2. The van der Waals surface area contributed by atoms with Gasteiger partial charge in [0.25, 0.3) is 5.56 Å². The number of nitrogen functional groups attached to an aromatic ring is 1. The standard InChI is InChI=1S/C12H16N4O3S/c1-20(18,19)4-2-3-14-11-6-10-8(5-9(11)13)12(17)16-7-15-10/h5-7,14H,2-4,13H2,1H3,(H,15,16,17). The molecule has 0 bridgehead atoms. The molecule has 0 radical (unpaired) electrons. The Morgan fingerprint density at radius 1 is 1.40 bits per heavy atom. The van der Waals surface area contributed by atoms with Gasteiger partial charge in [0.05, 0.1) is 34.4 Å². The van der Waals surface area contributed by atoms with Gasteiger partial charge in [-0.1, -0.05) is 0 Å². The molecule has 1 aromatic heterocycles. The van der Waals surface area contributed by atoms with Crippen LogP contribution in [-0.4, -0.2) is 36.9 Å². The molecule has 0 saturated carbocycles. The minimum absolute atomic E-state index is 0.116. The Morgan fingerprint density at radius 2 is 2.15 bits per heavy atom. The fourth-order valence-electron chi connectivity index (χ4n) is 1.84. The summed E-state index contributed by atoms with van der Waals surface area (Å²) in [5.41, 5.74) is 7.22. The largest absolute Gasteiger partial charge is 0.397 e. The van der Waals surface area contributed by atoms with Crippen LogP contribution >= 0.6 is 0 Å². The quantitative estimate of drug-likeness (QED) is 0.541. The highest BCUT2D eigenvalue weighted by Crippen LogP contribution is 2.22. The third kappa shape index (κ3) is 3.47. The molecule has 20 heavy (non-hydrogen) atoms. The number of anilines is 2. The smallest absolute Gasteiger partial charge is 0.258 e. The average Bonchev–Trinajstić information content (AvgIpc) is 2.35. The van der Waals surface area contributed by atoms with Gasteiger partial charge in [0.15, 0.2) is 0 Å². The molecule has 0 spiro atoms. The van der Waals surface area contributed by atoms with E-state index in [4.69, 9.17) is 5.73 Å². The molecule has 0 unspecified atom stereocenters. The summed E-state index contributed by atoms with van der Waals surface area (Å²) >= 11 is 0. The first-order chi connectivity index (χ1) is 9.37. The van der Waals surface area contributed by atoms with Crippen LogP contribution in [0.1, 0.15) is 6.42 Å². The Kier molecular flexibility index (Phi) is 3.93. The first-order valence-electron chi connectivity index (χ1n) is 6.05. The third-order valence-electron chi connectivity index (χ3n) is 2.82. The molecule has 0 fully saturated rings. The molecule has 1 aromatic carbocycles. The summed E-state index contributed by atoms with van der Waals surface area (Å²) in [6.45, 7) is 0.478. The average molecular weight is 296 g/mol. The first kappa shape index (κ1) is 14.3. The number of H-pyrrole nitrogens is 1. The van der Waals surface area contributed by atoms with Gasteiger partial charge >= 0.3 is 0 Å². The molecule has 2 rings (SSSR count). The Morgan fingerprint density at radius 3 is 2.85 bits per heavy atom. The maximum Gasteiger partial charge on any atom is 0.258 e. The highest BCUT2D eigenvalue weighted by Gasteiger charge is 2.06. The lowest BCUT2D eigenvalue weighted by molar-refractivity contribution is 0.600. The highest BCUT2D eigenvalue weighted by molar-refractivity contribution is 7.90. The van der Waals surface area contributed by atoms with Crippen molar-refractivity contribution in [2.75, 3.05) is 29.6 Å². The van der Waals surface area contributed by atoms with E-state index in [0.717, 1.165) is 0 Å². The summed E-state index contributed by atoms with van der Waals surface area (Å²) < 4.78 is 22.0. The highest BCUT2D eigenvalue weighted by atomic mass is 32.2. The van der Waals surface area contributed by atoms with Crippen molar-refractivity contribution >= 4 is 32.1 Å². The molecular formula is C12H16N4O3S. The molecule has 0 aliphatic heterocycles. The maximum absolute atomic E-state index is 11.6. The summed E-state index contributed by atoms with van der Waals surface area (Å²) in [4.78, 5) is 18.1. The normalized spacial score (nSPS) is 11.7. The van der Waals surface area contributed by atoms with Crippen LogP contribution < -0.4 is 16.6 Å². The van der Waals surface area contributed by atoms with Crippen molar-refractivity contribution in [3.05, 3.63) is 28.8 Å². The Hall–Kier alpha value is -2.09. The SMILES string of the molecule is CS(=O)(=O)CCCNc1cc2nc[nH]c(=O)c2cc1N. The van der Waals surface area contributed by atoms with Crippen LogP contribution in [0.15, 0.2) is 23.3 Å². The monoisotopic (exact) mass is 296 g/mol. The van der Waals surface area contributed by atoms with E-state index < -0.39 is 9.84 Å². The third-order valence-corrected chi connectivity index (χ3v) is 3.85. The van der Waals surface area contributed by atoms with Crippen molar-refractivity contribution in [2.24, 2.45) is 0 Å². The van der Waals surface area contributed by atoms with Crippen LogP contribution in [0.4, 0.5) is 11.4 Å². The lowest BCUT2D eigenvalue weighted by atomic mass is 10.2. The number of aromatic amines is 1. The van der Waals surface area contributed by atoms with Crippen molar-refractivity contribution < 1.29 is 8.42 Å². The van der Waals surface area contributed by atoms with Crippen molar-refractivity contribution in [3.63, 3.8) is 0 Å². The Labute approximate surface area is 116 Å². The molecule has 4 N–H and O–H groups in total. The molecule has 7 nitrogen and oxygen atoms in total. The number of nitrogens with zero attached hydrogens (tertiary/aromatic N) is 1. The zero-order valence-electron chi connectivity index (χ0n) is 11.0. The fraction of sp³-hybridized carbons (Fsp3) is 0.333. The second-order valence-corrected chi connectivity index (χ2v) is 6.86. The Bertz CT molecular complexity index is 783. The molecule has 0 atom stereocenters. The molecule has 0 aliphatic rings. The number of aromatic nitrogens is 2. The van der Waals surface area contributed by atoms with Gasteiger partial charge in [0.1, 0.15) is 9.84 Å². The van der Waals surface area contributed by atoms with Crippen LogP contribution in [0.25, 0.3) is 10.9 Å². The van der Waals surface area contributed by atoms with E-state index in [-0.39, 0.29) is 11.3 Å². The number of hydrogen-bond donors (Lipinski definition) is 3. The Balaban J connectivity index is 2.15. The number of fused-ring (bicyclic) bond motifs is 1. The van der Waals surface area contributed by atoms with Gasteiger partial charge in [0, 0.05) is 12.8 Å².